The van der Waals surface area contributed by atoms with Crippen LogP contribution < -0.4 is 10.5 Å². The lowest BCUT2D eigenvalue weighted by atomic mass is 9.83. The van der Waals surface area contributed by atoms with Crippen molar-refractivity contribution in [3.8, 4) is 5.88 Å². The van der Waals surface area contributed by atoms with E-state index >= 15 is 0 Å². The Labute approximate surface area is 96.8 Å². The molecule has 0 aromatic carbocycles. The Morgan fingerprint density at radius 2 is 2.25 bits per heavy atom. The summed E-state index contributed by atoms with van der Waals surface area (Å²) in [6.07, 6.45) is 6.12. The summed E-state index contributed by atoms with van der Waals surface area (Å²) in [4.78, 5) is 0. The molecule has 16 heavy (non-hydrogen) atoms. The van der Waals surface area contributed by atoms with Crippen LogP contribution in [-0.4, -0.2) is 16.4 Å². The summed E-state index contributed by atoms with van der Waals surface area (Å²) in [6, 6.07) is 0. The van der Waals surface area contributed by atoms with Crippen LogP contribution in [0.3, 0.4) is 0 Å². The Morgan fingerprint density at radius 1 is 1.50 bits per heavy atom. The van der Waals surface area contributed by atoms with Crippen LogP contribution in [0.1, 0.15) is 38.3 Å². The van der Waals surface area contributed by atoms with Crippen LogP contribution in [0.25, 0.3) is 0 Å². The first-order valence-electron chi connectivity index (χ1n) is 6.16. The van der Waals surface area contributed by atoms with Gasteiger partial charge in [0.25, 0.3) is 0 Å². The Kier molecular flexibility index (Phi) is 3.36. The predicted molar refractivity (Wildman–Crippen MR) is 64.5 cm³/mol. The number of rotatable bonds is 5. The van der Waals surface area contributed by atoms with E-state index in [1.54, 1.807) is 4.68 Å². The molecule has 1 aliphatic rings. The summed E-state index contributed by atoms with van der Waals surface area (Å²) in [5, 5.41) is 4.33. The molecule has 0 unspecified atom stereocenters. The minimum atomic E-state index is 0.707. The van der Waals surface area contributed by atoms with Crippen LogP contribution in [0.5, 0.6) is 5.88 Å². The number of aromatic nitrogens is 2. The van der Waals surface area contributed by atoms with Gasteiger partial charge in [-0.15, -0.1) is 0 Å². The zero-order chi connectivity index (χ0) is 11.5. The molecule has 1 aliphatic carbocycles. The molecule has 1 aromatic rings. The molecule has 0 bridgehead atoms. The lowest BCUT2D eigenvalue weighted by molar-refractivity contribution is 0.212. The number of nitrogens with two attached hydrogens (primary N) is 1. The third-order valence-electron chi connectivity index (χ3n) is 3.43. The molecule has 0 aliphatic heterocycles. The van der Waals surface area contributed by atoms with E-state index in [0.29, 0.717) is 5.69 Å². The Morgan fingerprint density at radius 3 is 2.75 bits per heavy atom. The molecule has 2 rings (SSSR count). The summed E-state index contributed by atoms with van der Waals surface area (Å²) in [5.41, 5.74) is 7.61. The first kappa shape index (κ1) is 11.3. The first-order chi connectivity index (χ1) is 7.72. The Hall–Kier alpha value is -1.19. The van der Waals surface area contributed by atoms with Crippen molar-refractivity contribution >= 4 is 5.69 Å². The van der Waals surface area contributed by atoms with Gasteiger partial charge in [-0.2, -0.15) is 5.10 Å². The number of hydrogen-bond acceptors (Lipinski definition) is 3. The average Bonchev–Trinajstić information content (AvgIpc) is 2.47. The van der Waals surface area contributed by atoms with E-state index in [4.69, 9.17) is 10.5 Å². The molecule has 4 nitrogen and oxygen atoms in total. The van der Waals surface area contributed by atoms with E-state index in [9.17, 15) is 0 Å². The maximum absolute atomic E-state index is 5.97. The topological polar surface area (TPSA) is 53.1 Å². The van der Waals surface area contributed by atoms with Crippen molar-refractivity contribution in [3.63, 3.8) is 0 Å². The van der Waals surface area contributed by atoms with Crippen molar-refractivity contribution in [2.75, 3.05) is 12.3 Å². The number of nitrogens with zero attached hydrogens (tertiary/aromatic N) is 2. The van der Waals surface area contributed by atoms with E-state index in [1.807, 2.05) is 7.05 Å². The van der Waals surface area contributed by atoms with Crippen molar-refractivity contribution in [2.45, 2.75) is 39.0 Å². The van der Waals surface area contributed by atoms with Crippen LogP contribution in [0, 0.1) is 5.92 Å². The van der Waals surface area contributed by atoms with Gasteiger partial charge in [0.15, 0.2) is 0 Å². The maximum Gasteiger partial charge on any atom is 0.235 e. The zero-order valence-electron chi connectivity index (χ0n) is 10.2. The van der Waals surface area contributed by atoms with Gasteiger partial charge in [0.1, 0.15) is 5.69 Å². The smallest absolute Gasteiger partial charge is 0.235 e. The van der Waals surface area contributed by atoms with E-state index in [2.05, 4.69) is 12.0 Å². The molecule has 1 heterocycles. The summed E-state index contributed by atoms with van der Waals surface area (Å²) >= 11 is 0. The molecule has 0 saturated heterocycles. The number of hydrogen-bond donors (Lipinski definition) is 1. The first-order valence-corrected chi connectivity index (χ1v) is 6.16. The molecule has 1 saturated carbocycles. The van der Waals surface area contributed by atoms with Gasteiger partial charge in [0, 0.05) is 7.05 Å². The highest BCUT2D eigenvalue weighted by Crippen LogP contribution is 2.30. The highest BCUT2D eigenvalue weighted by atomic mass is 16.5. The predicted octanol–water partition coefficient (Wildman–Crippen LogP) is 2.13. The molecule has 0 amide bonds. The normalized spacial score (nSPS) is 16.1. The molecule has 4 heteroatoms. The van der Waals surface area contributed by atoms with E-state index in [0.717, 1.165) is 36.9 Å². The minimum absolute atomic E-state index is 0.707. The lowest BCUT2D eigenvalue weighted by Gasteiger charge is -2.24. The van der Waals surface area contributed by atoms with Crippen molar-refractivity contribution in [2.24, 2.45) is 13.0 Å². The fourth-order valence-electron chi connectivity index (χ4n) is 2.11. The van der Waals surface area contributed by atoms with Gasteiger partial charge >= 0.3 is 0 Å². The lowest BCUT2D eigenvalue weighted by Crippen LogP contribution is -2.15. The van der Waals surface area contributed by atoms with Gasteiger partial charge < -0.3 is 10.5 Å². The third kappa shape index (κ3) is 2.15. The quantitative estimate of drug-likeness (QED) is 0.832. The van der Waals surface area contributed by atoms with Crippen molar-refractivity contribution in [3.05, 3.63) is 5.69 Å². The average molecular weight is 223 g/mol. The summed E-state index contributed by atoms with van der Waals surface area (Å²) in [6.45, 7) is 2.81. The fraction of sp³-hybridized carbons (Fsp3) is 0.750. The second-order valence-corrected chi connectivity index (χ2v) is 4.58. The Balaban J connectivity index is 1.89. The molecular weight excluding hydrogens is 202 g/mol. The molecular formula is C12H21N3O. The molecule has 90 valence electrons. The third-order valence-corrected chi connectivity index (χ3v) is 3.43. The second kappa shape index (κ2) is 4.76. The van der Waals surface area contributed by atoms with Gasteiger partial charge in [-0.3, -0.25) is 0 Å². The number of nitrogen functional groups attached to an aromatic ring is 1. The van der Waals surface area contributed by atoms with Gasteiger partial charge in [-0.25, -0.2) is 4.68 Å². The van der Waals surface area contributed by atoms with Gasteiger partial charge in [0.2, 0.25) is 5.88 Å². The van der Waals surface area contributed by atoms with E-state index in [1.165, 1.54) is 19.3 Å². The largest absolute Gasteiger partial charge is 0.476 e. The molecule has 0 spiro atoms. The summed E-state index contributed by atoms with van der Waals surface area (Å²) in [7, 11) is 1.88. The SMILES string of the molecule is CCc1nn(C)c(OCCC2CCC2)c1N. The zero-order valence-corrected chi connectivity index (χ0v) is 10.2. The molecule has 1 fully saturated rings. The number of aryl methyl sites for hydroxylation is 2. The number of anilines is 1. The molecule has 0 radical (unpaired) electrons. The van der Waals surface area contributed by atoms with Crippen LogP contribution in [-0.2, 0) is 13.5 Å². The van der Waals surface area contributed by atoms with Crippen molar-refractivity contribution in [1.29, 1.82) is 0 Å². The van der Waals surface area contributed by atoms with Crippen LogP contribution in [0.2, 0.25) is 0 Å². The summed E-state index contributed by atoms with van der Waals surface area (Å²) < 4.78 is 7.48. The maximum atomic E-state index is 5.97. The standard InChI is InChI=1S/C12H21N3O/c1-3-10-11(13)12(15(2)14-10)16-8-7-9-5-4-6-9/h9H,3-8,13H2,1-2H3. The van der Waals surface area contributed by atoms with Gasteiger partial charge in [-0.1, -0.05) is 26.2 Å². The Bertz CT molecular complexity index is 355. The van der Waals surface area contributed by atoms with Crippen LogP contribution >= 0.6 is 0 Å². The van der Waals surface area contributed by atoms with Gasteiger partial charge in [0.05, 0.1) is 12.3 Å². The fourth-order valence-corrected chi connectivity index (χ4v) is 2.11. The van der Waals surface area contributed by atoms with E-state index < -0.39 is 0 Å². The van der Waals surface area contributed by atoms with Crippen molar-refractivity contribution < 1.29 is 4.74 Å². The molecule has 0 atom stereocenters. The molecule has 2 N–H and O–H groups in total. The summed E-state index contributed by atoms with van der Waals surface area (Å²) in [5.74, 6) is 1.61. The van der Waals surface area contributed by atoms with Gasteiger partial charge in [-0.05, 0) is 18.8 Å². The van der Waals surface area contributed by atoms with Crippen LogP contribution in [0.4, 0.5) is 5.69 Å². The number of ether oxygens (including phenoxy) is 1. The highest BCUT2D eigenvalue weighted by molar-refractivity contribution is 5.53. The van der Waals surface area contributed by atoms with E-state index in [-0.39, 0.29) is 0 Å². The van der Waals surface area contributed by atoms with Crippen molar-refractivity contribution in [1.82, 2.24) is 9.78 Å². The molecule has 1 aromatic heterocycles. The monoisotopic (exact) mass is 223 g/mol. The highest BCUT2D eigenvalue weighted by Gasteiger charge is 2.18. The van der Waals surface area contributed by atoms with Crippen LogP contribution in [0.15, 0.2) is 0 Å². The minimum Gasteiger partial charge on any atom is -0.476 e. The second-order valence-electron chi connectivity index (χ2n) is 4.58.